The van der Waals surface area contributed by atoms with Crippen molar-refractivity contribution in [2.45, 2.75) is 25.0 Å². The summed E-state index contributed by atoms with van der Waals surface area (Å²) < 4.78 is 24.3. The lowest BCUT2D eigenvalue weighted by Crippen LogP contribution is -2.43. The van der Waals surface area contributed by atoms with E-state index in [1.54, 1.807) is 43.5 Å². The van der Waals surface area contributed by atoms with Crippen LogP contribution in [0.5, 0.6) is 11.5 Å². The Morgan fingerprint density at radius 1 is 1.15 bits per heavy atom. The summed E-state index contributed by atoms with van der Waals surface area (Å²) in [7, 11) is 1.56. The van der Waals surface area contributed by atoms with E-state index in [0.29, 0.717) is 43.0 Å². The second kappa shape index (κ2) is 8.19. The van der Waals surface area contributed by atoms with Gasteiger partial charge in [-0.1, -0.05) is 18.2 Å². The first-order valence-corrected chi connectivity index (χ1v) is 8.60. The highest BCUT2D eigenvalue weighted by Crippen LogP contribution is 2.29. The molecule has 5 nitrogen and oxygen atoms in total. The minimum absolute atomic E-state index is 0.0483. The number of carboxylic acid groups (broad SMARTS) is 1. The van der Waals surface area contributed by atoms with Crippen molar-refractivity contribution < 1.29 is 23.8 Å². The third-order valence-corrected chi connectivity index (χ3v) is 4.58. The molecule has 2 aromatic rings. The molecule has 26 heavy (non-hydrogen) atoms. The lowest BCUT2D eigenvalue weighted by Gasteiger charge is -2.35. The molecule has 6 heteroatoms. The average molecular weight is 359 g/mol. The number of benzene rings is 2. The molecule has 0 amide bonds. The maximum Gasteiger partial charge on any atom is 0.325 e. The van der Waals surface area contributed by atoms with E-state index in [1.165, 1.54) is 12.1 Å². The Morgan fingerprint density at radius 3 is 2.50 bits per heavy atom. The molecule has 1 aliphatic rings. The lowest BCUT2D eigenvalue weighted by atomic mass is 10.00. The number of likely N-dealkylation sites (tertiary alicyclic amines) is 1. The van der Waals surface area contributed by atoms with Crippen LogP contribution in [0.1, 0.15) is 24.4 Å². The Labute approximate surface area is 152 Å². The number of aliphatic carboxylic acids is 1. The zero-order chi connectivity index (χ0) is 18.5. The third-order valence-electron chi connectivity index (χ3n) is 4.58. The molecule has 0 saturated carbocycles. The molecule has 2 aromatic carbocycles. The number of halogens is 1. The van der Waals surface area contributed by atoms with Crippen molar-refractivity contribution >= 4 is 5.97 Å². The lowest BCUT2D eigenvalue weighted by molar-refractivity contribution is -0.144. The molecule has 1 fully saturated rings. The molecule has 0 bridgehead atoms. The van der Waals surface area contributed by atoms with Gasteiger partial charge in [-0.05, 0) is 42.7 Å². The Bertz CT molecular complexity index is 759. The van der Waals surface area contributed by atoms with E-state index < -0.39 is 12.0 Å². The first kappa shape index (κ1) is 18.2. The highest BCUT2D eigenvalue weighted by molar-refractivity contribution is 5.75. The van der Waals surface area contributed by atoms with E-state index in [2.05, 4.69) is 0 Å². The molecule has 1 heterocycles. The number of carbonyl (C=O) groups is 1. The average Bonchev–Trinajstić information content (AvgIpc) is 2.63. The molecule has 1 atom stereocenters. The molecular weight excluding hydrogens is 337 g/mol. The Kier molecular flexibility index (Phi) is 5.73. The van der Waals surface area contributed by atoms with Crippen molar-refractivity contribution in [1.82, 2.24) is 4.90 Å². The standard InChI is InChI=1S/C20H22FNO4/c1-25-17-6-2-4-14(12-17)19(20(23)24)22-10-8-16(9-11-22)26-18-7-3-5-15(21)13-18/h2-7,12-13,16,19H,8-11H2,1H3,(H,23,24). The molecule has 138 valence electrons. The van der Waals surface area contributed by atoms with Gasteiger partial charge in [0.1, 0.15) is 29.5 Å². The minimum Gasteiger partial charge on any atom is -0.497 e. The summed E-state index contributed by atoms with van der Waals surface area (Å²) in [6, 6.07) is 12.5. The van der Waals surface area contributed by atoms with Crippen molar-refractivity contribution in [2.75, 3.05) is 20.2 Å². The van der Waals surface area contributed by atoms with Crippen LogP contribution in [0.3, 0.4) is 0 Å². The van der Waals surface area contributed by atoms with Crippen LogP contribution in [0.15, 0.2) is 48.5 Å². The molecule has 1 unspecified atom stereocenters. The Balaban J connectivity index is 1.65. The topological polar surface area (TPSA) is 59.0 Å². The molecule has 0 aromatic heterocycles. The summed E-state index contributed by atoms with van der Waals surface area (Å²) in [6.07, 6.45) is 1.32. The second-order valence-electron chi connectivity index (χ2n) is 6.33. The van der Waals surface area contributed by atoms with Gasteiger partial charge >= 0.3 is 5.97 Å². The van der Waals surface area contributed by atoms with Gasteiger partial charge in [-0.25, -0.2) is 4.39 Å². The largest absolute Gasteiger partial charge is 0.497 e. The number of hydrogen-bond donors (Lipinski definition) is 1. The zero-order valence-electron chi connectivity index (χ0n) is 14.6. The van der Waals surface area contributed by atoms with E-state index in [1.807, 2.05) is 4.90 Å². The summed E-state index contributed by atoms with van der Waals surface area (Å²) in [6.45, 7) is 1.18. The van der Waals surface area contributed by atoms with Gasteiger partial charge < -0.3 is 14.6 Å². The molecule has 1 N–H and O–H groups in total. The van der Waals surface area contributed by atoms with E-state index in [-0.39, 0.29) is 11.9 Å². The maximum atomic E-state index is 13.3. The van der Waals surface area contributed by atoms with Crippen LogP contribution in [0, 0.1) is 5.82 Å². The van der Waals surface area contributed by atoms with Crippen LogP contribution in [-0.2, 0) is 4.79 Å². The van der Waals surface area contributed by atoms with Crippen LogP contribution in [-0.4, -0.2) is 42.3 Å². The molecule has 1 aliphatic heterocycles. The number of rotatable bonds is 6. The normalized spacial score (nSPS) is 16.8. The Morgan fingerprint density at radius 2 is 1.85 bits per heavy atom. The van der Waals surface area contributed by atoms with E-state index in [9.17, 15) is 14.3 Å². The van der Waals surface area contributed by atoms with Crippen LogP contribution in [0.25, 0.3) is 0 Å². The van der Waals surface area contributed by atoms with E-state index in [4.69, 9.17) is 9.47 Å². The fourth-order valence-electron chi connectivity index (χ4n) is 3.31. The predicted molar refractivity (Wildman–Crippen MR) is 95.0 cm³/mol. The summed E-state index contributed by atoms with van der Waals surface area (Å²) >= 11 is 0. The number of carboxylic acids is 1. The smallest absolute Gasteiger partial charge is 0.325 e. The fourth-order valence-corrected chi connectivity index (χ4v) is 3.31. The summed E-state index contributed by atoms with van der Waals surface area (Å²) in [5, 5.41) is 9.72. The number of nitrogens with zero attached hydrogens (tertiary/aromatic N) is 1. The first-order valence-electron chi connectivity index (χ1n) is 8.60. The van der Waals surface area contributed by atoms with Crippen molar-refractivity contribution in [3.8, 4) is 11.5 Å². The van der Waals surface area contributed by atoms with Gasteiger partial charge in [0.05, 0.1) is 7.11 Å². The van der Waals surface area contributed by atoms with Crippen molar-refractivity contribution in [3.63, 3.8) is 0 Å². The van der Waals surface area contributed by atoms with Gasteiger partial charge in [-0.3, -0.25) is 9.69 Å². The SMILES string of the molecule is COc1cccc(C(C(=O)O)N2CCC(Oc3cccc(F)c3)CC2)c1. The summed E-state index contributed by atoms with van der Waals surface area (Å²) in [5.41, 5.74) is 0.696. The molecule has 0 spiro atoms. The number of ether oxygens (including phenoxy) is 2. The predicted octanol–water partition coefficient (Wildman–Crippen LogP) is 3.50. The molecular formula is C20H22FNO4. The summed E-state index contributed by atoms with van der Waals surface area (Å²) in [5.74, 6) is -0.0734. The van der Waals surface area contributed by atoms with Crippen LogP contribution in [0.4, 0.5) is 4.39 Å². The van der Waals surface area contributed by atoms with E-state index in [0.717, 1.165) is 0 Å². The van der Waals surface area contributed by atoms with Crippen molar-refractivity contribution in [2.24, 2.45) is 0 Å². The van der Waals surface area contributed by atoms with Gasteiger partial charge in [0.2, 0.25) is 0 Å². The zero-order valence-corrected chi connectivity index (χ0v) is 14.6. The highest BCUT2D eigenvalue weighted by atomic mass is 19.1. The maximum absolute atomic E-state index is 13.3. The number of methoxy groups -OCH3 is 1. The number of piperidine rings is 1. The second-order valence-corrected chi connectivity index (χ2v) is 6.33. The molecule has 0 aliphatic carbocycles. The molecule has 0 radical (unpaired) electrons. The van der Waals surface area contributed by atoms with Crippen LogP contribution < -0.4 is 9.47 Å². The highest BCUT2D eigenvalue weighted by Gasteiger charge is 2.31. The number of hydrogen-bond acceptors (Lipinski definition) is 4. The summed E-state index contributed by atoms with van der Waals surface area (Å²) in [4.78, 5) is 13.8. The first-order chi connectivity index (χ1) is 12.6. The fraction of sp³-hybridized carbons (Fsp3) is 0.350. The minimum atomic E-state index is -0.886. The quantitative estimate of drug-likeness (QED) is 0.855. The third kappa shape index (κ3) is 4.32. The monoisotopic (exact) mass is 359 g/mol. The van der Waals surface area contributed by atoms with Crippen LogP contribution >= 0.6 is 0 Å². The van der Waals surface area contributed by atoms with Gasteiger partial charge in [-0.15, -0.1) is 0 Å². The molecule has 1 saturated heterocycles. The van der Waals surface area contributed by atoms with Gasteiger partial charge in [0.15, 0.2) is 0 Å². The van der Waals surface area contributed by atoms with Crippen LogP contribution in [0.2, 0.25) is 0 Å². The van der Waals surface area contributed by atoms with Crippen molar-refractivity contribution in [1.29, 1.82) is 0 Å². The van der Waals surface area contributed by atoms with Gasteiger partial charge in [0.25, 0.3) is 0 Å². The van der Waals surface area contributed by atoms with E-state index >= 15 is 0 Å². The van der Waals surface area contributed by atoms with Gasteiger partial charge in [-0.2, -0.15) is 0 Å². The van der Waals surface area contributed by atoms with Crippen molar-refractivity contribution in [3.05, 3.63) is 59.9 Å². The molecule has 3 rings (SSSR count). The van der Waals surface area contributed by atoms with Gasteiger partial charge in [0, 0.05) is 19.2 Å². The Hall–Kier alpha value is -2.60.